The highest BCUT2D eigenvalue weighted by Crippen LogP contribution is 2.42. The highest BCUT2D eigenvalue weighted by atomic mass is 35.5. The van der Waals surface area contributed by atoms with Crippen molar-refractivity contribution in [3.8, 4) is 0 Å². The first kappa shape index (κ1) is 11.5. The molecule has 1 saturated carbocycles. The van der Waals surface area contributed by atoms with Crippen molar-refractivity contribution in [1.82, 2.24) is 5.16 Å². The summed E-state index contributed by atoms with van der Waals surface area (Å²) >= 11 is 5.90. The van der Waals surface area contributed by atoms with Crippen LogP contribution in [0.4, 0.5) is 0 Å². The highest BCUT2D eigenvalue weighted by Gasteiger charge is 2.32. The molecular weight excluding hydrogens is 250 g/mol. The van der Waals surface area contributed by atoms with Gasteiger partial charge in [-0.1, -0.05) is 16.8 Å². The molecule has 0 bridgehead atoms. The number of rotatable bonds is 3. The van der Waals surface area contributed by atoms with Crippen LogP contribution in [0.2, 0.25) is 5.02 Å². The van der Waals surface area contributed by atoms with Gasteiger partial charge in [0.25, 0.3) is 0 Å². The van der Waals surface area contributed by atoms with Crippen LogP contribution >= 0.6 is 11.6 Å². The van der Waals surface area contributed by atoms with Crippen molar-refractivity contribution in [1.29, 1.82) is 0 Å². The van der Waals surface area contributed by atoms with Gasteiger partial charge in [0.2, 0.25) is 0 Å². The van der Waals surface area contributed by atoms with Crippen molar-refractivity contribution in [3.05, 3.63) is 51.9 Å². The van der Waals surface area contributed by atoms with Crippen LogP contribution in [0.1, 0.15) is 46.0 Å². The molecule has 1 heterocycles. The number of aryl methyl sites for hydroxylation is 1. The summed E-state index contributed by atoms with van der Waals surface area (Å²) in [7, 11) is 0. The standard InChI is InChI=1S/C14H12ClNO2/c1-8-6-10(15)4-5-11(8)13(17)12-7-16-18-14(12)9-2-3-9/h4-7,9H,2-3H2,1H3. The average molecular weight is 262 g/mol. The Labute approximate surface area is 110 Å². The third-order valence-corrected chi connectivity index (χ3v) is 3.46. The van der Waals surface area contributed by atoms with Crippen molar-refractivity contribution in [2.45, 2.75) is 25.7 Å². The third-order valence-electron chi connectivity index (χ3n) is 3.22. The molecule has 1 aromatic heterocycles. The lowest BCUT2D eigenvalue weighted by Gasteiger charge is -2.04. The van der Waals surface area contributed by atoms with Gasteiger partial charge in [0.05, 0.1) is 11.8 Å². The van der Waals surface area contributed by atoms with Gasteiger partial charge in [-0.25, -0.2) is 0 Å². The first-order valence-corrected chi connectivity index (χ1v) is 6.30. The zero-order chi connectivity index (χ0) is 12.7. The molecule has 1 aromatic carbocycles. The molecule has 0 saturated heterocycles. The third kappa shape index (κ3) is 1.95. The van der Waals surface area contributed by atoms with Crippen molar-refractivity contribution in [2.75, 3.05) is 0 Å². The zero-order valence-electron chi connectivity index (χ0n) is 9.94. The fourth-order valence-corrected chi connectivity index (χ4v) is 2.31. The van der Waals surface area contributed by atoms with Crippen LogP contribution in [0.15, 0.2) is 28.9 Å². The number of hydrogen-bond donors (Lipinski definition) is 0. The summed E-state index contributed by atoms with van der Waals surface area (Å²) in [4.78, 5) is 12.4. The Kier molecular flexibility index (Phi) is 2.71. The SMILES string of the molecule is Cc1cc(Cl)ccc1C(=O)c1cnoc1C1CC1. The molecule has 0 radical (unpaired) electrons. The largest absolute Gasteiger partial charge is 0.360 e. The molecule has 0 atom stereocenters. The number of benzene rings is 1. The van der Waals surface area contributed by atoms with Crippen molar-refractivity contribution >= 4 is 17.4 Å². The molecule has 3 nitrogen and oxygen atoms in total. The summed E-state index contributed by atoms with van der Waals surface area (Å²) in [6.45, 7) is 1.88. The van der Waals surface area contributed by atoms with Gasteiger partial charge >= 0.3 is 0 Å². The number of aromatic nitrogens is 1. The van der Waals surface area contributed by atoms with E-state index in [1.54, 1.807) is 18.2 Å². The van der Waals surface area contributed by atoms with E-state index in [4.69, 9.17) is 16.1 Å². The van der Waals surface area contributed by atoms with Gasteiger partial charge in [-0.05, 0) is 43.5 Å². The fraction of sp³-hybridized carbons (Fsp3) is 0.286. The second-order valence-electron chi connectivity index (χ2n) is 4.67. The quantitative estimate of drug-likeness (QED) is 0.791. The second kappa shape index (κ2) is 4.25. The van der Waals surface area contributed by atoms with Crippen LogP contribution in [-0.4, -0.2) is 10.9 Å². The summed E-state index contributed by atoms with van der Waals surface area (Å²) in [5.74, 6) is 1.07. The lowest BCUT2D eigenvalue weighted by molar-refractivity contribution is 0.103. The Morgan fingerprint density at radius 3 is 2.83 bits per heavy atom. The van der Waals surface area contributed by atoms with Crippen LogP contribution in [0, 0.1) is 6.92 Å². The molecular formula is C14H12ClNO2. The van der Waals surface area contributed by atoms with E-state index in [9.17, 15) is 4.79 Å². The molecule has 18 heavy (non-hydrogen) atoms. The maximum atomic E-state index is 12.4. The summed E-state index contributed by atoms with van der Waals surface area (Å²) in [6.07, 6.45) is 3.67. The lowest BCUT2D eigenvalue weighted by Crippen LogP contribution is -2.04. The fourth-order valence-electron chi connectivity index (χ4n) is 2.09. The molecule has 0 N–H and O–H groups in total. The Bertz CT molecular complexity index is 614. The first-order chi connectivity index (χ1) is 8.66. The number of carbonyl (C=O) groups excluding carboxylic acids is 1. The van der Waals surface area contributed by atoms with E-state index in [1.807, 2.05) is 6.92 Å². The molecule has 2 aromatic rings. The van der Waals surface area contributed by atoms with Crippen LogP contribution in [0.3, 0.4) is 0 Å². The minimum Gasteiger partial charge on any atom is -0.360 e. The first-order valence-electron chi connectivity index (χ1n) is 5.92. The number of nitrogens with zero attached hydrogens (tertiary/aromatic N) is 1. The topological polar surface area (TPSA) is 43.1 Å². The van der Waals surface area contributed by atoms with Crippen molar-refractivity contribution in [2.24, 2.45) is 0 Å². The molecule has 0 amide bonds. The van der Waals surface area contributed by atoms with Crippen LogP contribution in [0.25, 0.3) is 0 Å². The maximum Gasteiger partial charge on any atom is 0.198 e. The van der Waals surface area contributed by atoms with Gasteiger partial charge in [0.15, 0.2) is 11.5 Å². The van der Waals surface area contributed by atoms with E-state index >= 15 is 0 Å². The minimum atomic E-state index is -0.0349. The monoisotopic (exact) mass is 261 g/mol. The molecule has 1 aliphatic carbocycles. The van der Waals surface area contributed by atoms with Gasteiger partial charge in [-0.2, -0.15) is 0 Å². The second-order valence-corrected chi connectivity index (χ2v) is 5.10. The van der Waals surface area contributed by atoms with Gasteiger partial charge in [0, 0.05) is 16.5 Å². The zero-order valence-corrected chi connectivity index (χ0v) is 10.7. The molecule has 4 heteroatoms. The summed E-state index contributed by atoms with van der Waals surface area (Å²) < 4.78 is 5.20. The van der Waals surface area contributed by atoms with E-state index in [2.05, 4.69) is 5.16 Å². The lowest BCUT2D eigenvalue weighted by atomic mass is 9.99. The molecule has 92 valence electrons. The number of halogens is 1. The van der Waals surface area contributed by atoms with E-state index in [-0.39, 0.29) is 5.78 Å². The Morgan fingerprint density at radius 2 is 2.17 bits per heavy atom. The Hall–Kier alpha value is -1.61. The Balaban J connectivity index is 2.00. The van der Waals surface area contributed by atoms with Crippen molar-refractivity contribution < 1.29 is 9.32 Å². The normalized spacial score (nSPS) is 14.8. The predicted octanol–water partition coefficient (Wildman–Crippen LogP) is 3.74. The van der Waals surface area contributed by atoms with E-state index in [0.29, 0.717) is 22.1 Å². The van der Waals surface area contributed by atoms with Crippen LogP contribution in [-0.2, 0) is 0 Å². The predicted molar refractivity (Wildman–Crippen MR) is 68.1 cm³/mol. The van der Waals surface area contributed by atoms with Gasteiger partial charge < -0.3 is 4.52 Å². The van der Waals surface area contributed by atoms with Crippen LogP contribution in [0.5, 0.6) is 0 Å². The van der Waals surface area contributed by atoms with E-state index in [1.165, 1.54) is 6.20 Å². The van der Waals surface area contributed by atoms with E-state index < -0.39 is 0 Å². The molecule has 0 spiro atoms. The summed E-state index contributed by atoms with van der Waals surface area (Å²) in [5.41, 5.74) is 2.11. The molecule has 1 aliphatic rings. The number of hydrogen-bond acceptors (Lipinski definition) is 3. The maximum absolute atomic E-state index is 12.4. The highest BCUT2D eigenvalue weighted by molar-refractivity contribution is 6.30. The van der Waals surface area contributed by atoms with Gasteiger partial charge in [0.1, 0.15) is 0 Å². The average Bonchev–Trinajstić information content (AvgIpc) is 3.06. The molecule has 0 aliphatic heterocycles. The van der Waals surface area contributed by atoms with Gasteiger partial charge in [-0.15, -0.1) is 0 Å². The summed E-state index contributed by atoms with van der Waals surface area (Å²) in [6, 6.07) is 5.27. The van der Waals surface area contributed by atoms with Crippen molar-refractivity contribution in [3.63, 3.8) is 0 Å². The van der Waals surface area contributed by atoms with Gasteiger partial charge in [-0.3, -0.25) is 4.79 Å². The summed E-state index contributed by atoms with van der Waals surface area (Å²) in [5, 5.41) is 4.39. The minimum absolute atomic E-state index is 0.0349. The number of carbonyl (C=O) groups is 1. The smallest absolute Gasteiger partial charge is 0.198 e. The molecule has 3 rings (SSSR count). The number of ketones is 1. The van der Waals surface area contributed by atoms with E-state index in [0.717, 1.165) is 24.2 Å². The molecule has 0 unspecified atom stereocenters. The molecule has 1 fully saturated rings. The van der Waals surface area contributed by atoms with Crippen LogP contribution < -0.4 is 0 Å². The Morgan fingerprint density at radius 1 is 1.39 bits per heavy atom.